The Morgan fingerprint density at radius 3 is 2.40 bits per heavy atom. The van der Waals surface area contributed by atoms with Crippen molar-refractivity contribution in [1.29, 1.82) is 0 Å². The molecule has 0 bridgehead atoms. The number of benzene rings is 1. The van der Waals surface area contributed by atoms with Crippen molar-refractivity contribution < 1.29 is 9.53 Å². The Morgan fingerprint density at radius 1 is 1.30 bits per heavy atom. The van der Waals surface area contributed by atoms with Crippen LogP contribution in [0.5, 0.6) is 0 Å². The fourth-order valence-corrected chi connectivity index (χ4v) is 1.97. The van der Waals surface area contributed by atoms with Crippen LogP contribution in [-0.4, -0.2) is 17.7 Å². The quantitative estimate of drug-likeness (QED) is 0.822. The van der Waals surface area contributed by atoms with Gasteiger partial charge in [0, 0.05) is 6.04 Å². The molecule has 20 heavy (non-hydrogen) atoms. The van der Waals surface area contributed by atoms with Crippen LogP contribution in [0.1, 0.15) is 39.7 Å². The van der Waals surface area contributed by atoms with E-state index in [0.29, 0.717) is 0 Å². The van der Waals surface area contributed by atoms with Crippen molar-refractivity contribution in [2.24, 2.45) is 0 Å². The van der Waals surface area contributed by atoms with Gasteiger partial charge in [0.15, 0.2) is 0 Å². The number of amides is 1. The molecule has 0 radical (unpaired) electrons. The van der Waals surface area contributed by atoms with E-state index in [1.807, 2.05) is 45.9 Å². The predicted octanol–water partition coefficient (Wildman–Crippen LogP) is 4.09. The van der Waals surface area contributed by atoms with E-state index in [9.17, 15) is 4.79 Å². The van der Waals surface area contributed by atoms with Crippen molar-refractivity contribution in [3.8, 4) is 0 Å². The average molecular weight is 275 g/mol. The molecule has 0 aliphatic heterocycles. The molecule has 1 aromatic rings. The molecule has 3 heteroatoms. The molecule has 1 N–H and O–H groups in total. The van der Waals surface area contributed by atoms with Gasteiger partial charge in [0.25, 0.3) is 0 Å². The summed E-state index contributed by atoms with van der Waals surface area (Å²) >= 11 is 0. The predicted molar refractivity (Wildman–Crippen MR) is 82.7 cm³/mol. The van der Waals surface area contributed by atoms with Gasteiger partial charge in [-0.3, -0.25) is 0 Å². The third-order valence-corrected chi connectivity index (χ3v) is 2.64. The third kappa shape index (κ3) is 6.98. The summed E-state index contributed by atoms with van der Waals surface area (Å²) in [6, 6.07) is 10.1. The first kappa shape index (κ1) is 16.3. The Balaban J connectivity index is 2.65. The lowest BCUT2D eigenvalue weighted by Crippen LogP contribution is -2.40. The van der Waals surface area contributed by atoms with Crippen LogP contribution in [0.15, 0.2) is 42.5 Å². The van der Waals surface area contributed by atoms with Gasteiger partial charge in [0.2, 0.25) is 0 Å². The smallest absolute Gasteiger partial charge is 0.407 e. The summed E-state index contributed by atoms with van der Waals surface area (Å²) < 4.78 is 5.31. The highest BCUT2D eigenvalue weighted by Crippen LogP contribution is 2.12. The van der Waals surface area contributed by atoms with E-state index in [-0.39, 0.29) is 12.1 Å². The van der Waals surface area contributed by atoms with Crippen molar-refractivity contribution in [2.75, 3.05) is 0 Å². The molecule has 0 fully saturated rings. The fraction of sp³-hybridized carbons (Fsp3) is 0.471. The minimum Gasteiger partial charge on any atom is -0.444 e. The summed E-state index contributed by atoms with van der Waals surface area (Å²) in [6.07, 6.45) is 1.14. The molecule has 110 valence electrons. The average Bonchev–Trinajstić information content (AvgIpc) is 2.26. The molecule has 3 nitrogen and oxygen atoms in total. The second-order valence-corrected chi connectivity index (χ2v) is 6.19. The molecule has 0 aromatic heterocycles. The molecule has 0 saturated carbocycles. The number of hydrogen-bond acceptors (Lipinski definition) is 2. The summed E-state index contributed by atoms with van der Waals surface area (Å²) in [5, 5.41) is 2.93. The molecule has 0 heterocycles. The van der Waals surface area contributed by atoms with Crippen LogP contribution >= 0.6 is 0 Å². The topological polar surface area (TPSA) is 38.3 Å². The number of carbonyl (C=O) groups is 1. The Morgan fingerprint density at radius 2 is 1.90 bits per heavy atom. The van der Waals surface area contributed by atoms with Crippen LogP contribution in [0, 0.1) is 0 Å². The summed E-state index contributed by atoms with van der Waals surface area (Å²) in [6.45, 7) is 11.5. The molecule has 1 rings (SSSR count). The molecule has 0 aliphatic rings. The lowest BCUT2D eigenvalue weighted by Gasteiger charge is -2.24. The van der Waals surface area contributed by atoms with Gasteiger partial charge in [0.1, 0.15) is 5.60 Å². The minimum atomic E-state index is -0.482. The van der Waals surface area contributed by atoms with Crippen LogP contribution in [0.25, 0.3) is 0 Å². The maximum atomic E-state index is 11.9. The maximum Gasteiger partial charge on any atom is 0.407 e. The fourth-order valence-electron chi connectivity index (χ4n) is 1.97. The van der Waals surface area contributed by atoms with E-state index < -0.39 is 5.60 Å². The maximum absolute atomic E-state index is 11.9. The molecule has 1 amide bonds. The van der Waals surface area contributed by atoms with E-state index in [2.05, 4.69) is 24.0 Å². The van der Waals surface area contributed by atoms with Gasteiger partial charge < -0.3 is 10.1 Å². The zero-order valence-corrected chi connectivity index (χ0v) is 12.9. The zero-order chi connectivity index (χ0) is 15.2. The Hall–Kier alpha value is -1.77. The summed E-state index contributed by atoms with van der Waals surface area (Å²) in [7, 11) is 0. The highest BCUT2D eigenvalue weighted by molar-refractivity contribution is 5.68. The number of hydrogen-bond donors (Lipinski definition) is 1. The van der Waals surface area contributed by atoms with Crippen molar-refractivity contribution in [3.05, 3.63) is 48.0 Å². The highest BCUT2D eigenvalue weighted by Gasteiger charge is 2.19. The molecule has 0 spiro atoms. The summed E-state index contributed by atoms with van der Waals surface area (Å²) in [5.74, 6) is 0. The molecular weight excluding hydrogens is 250 g/mol. The van der Waals surface area contributed by atoms with Crippen molar-refractivity contribution in [2.45, 2.75) is 52.2 Å². The van der Waals surface area contributed by atoms with Gasteiger partial charge in [-0.1, -0.05) is 35.9 Å². The zero-order valence-electron chi connectivity index (χ0n) is 12.9. The number of rotatable bonds is 5. The van der Waals surface area contributed by atoms with Gasteiger partial charge in [-0.25, -0.2) is 4.79 Å². The lowest BCUT2D eigenvalue weighted by molar-refractivity contribution is 0.0504. The van der Waals surface area contributed by atoms with Crippen LogP contribution in [0.4, 0.5) is 4.79 Å². The first-order chi connectivity index (χ1) is 9.26. The number of alkyl carbamates (subject to hydrolysis) is 1. The van der Waals surface area contributed by atoms with E-state index in [1.165, 1.54) is 5.56 Å². The van der Waals surface area contributed by atoms with Gasteiger partial charge in [-0.15, -0.1) is 6.58 Å². The Bertz CT molecular complexity index is 446. The molecular formula is C17H25NO2. The molecule has 1 aromatic carbocycles. The normalized spacial score (nSPS) is 12.6. The lowest BCUT2D eigenvalue weighted by atomic mass is 10.0. The summed E-state index contributed by atoms with van der Waals surface area (Å²) in [5.41, 5.74) is 1.75. The third-order valence-electron chi connectivity index (χ3n) is 2.64. The van der Waals surface area contributed by atoms with Gasteiger partial charge in [-0.2, -0.15) is 0 Å². The van der Waals surface area contributed by atoms with E-state index >= 15 is 0 Å². The largest absolute Gasteiger partial charge is 0.444 e. The van der Waals surface area contributed by atoms with E-state index in [1.54, 1.807) is 0 Å². The van der Waals surface area contributed by atoms with Crippen molar-refractivity contribution in [1.82, 2.24) is 5.32 Å². The molecule has 0 aliphatic carbocycles. The monoisotopic (exact) mass is 275 g/mol. The standard InChI is InChI=1S/C17H25NO2/c1-13(2)11-15(12-14-9-7-6-8-10-14)18-16(19)20-17(3,4)5/h6-10,15H,1,11-12H2,2-5H3,(H,18,19)/t15-/m0/s1. The van der Waals surface area contributed by atoms with Gasteiger partial charge in [-0.05, 0) is 46.1 Å². The Kier molecular flexibility index (Phi) is 5.81. The number of ether oxygens (including phenoxy) is 1. The van der Waals surface area contributed by atoms with Gasteiger partial charge >= 0.3 is 6.09 Å². The van der Waals surface area contributed by atoms with Gasteiger partial charge in [0.05, 0.1) is 0 Å². The highest BCUT2D eigenvalue weighted by atomic mass is 16.6. The van der Waals surface area contributed by atoms with E-state index in [0.717, 1.165) is 18.4 Å². The van der Waals surface area contributed by atoms with E-state index in [4.69, 9.17) is 4.74 Å². The summed E-state index contributed by atoms with van der Waals surface area (Å²) in [4.78, 5) is 11.9. The van der Waals surface area contributed by atoms with Crippen LogP contribution < -0.4 is 5.32 Å². The molecule has 0 unspecified atom stereocenters. The SMILES string of the molecule is C=C(C)C[C@@H](Cc1ccccc1)NC(=O)OC(C)(C)C. The number of nitrogens with one attached hydrogen (secondary N) is 1. The molecule has 1 atom stereocenters. The van der Waals surface area contributed by atoms with Crippen LogP contribution in [-0.2, 0) is 11.2 Å². The van der Waals surface area contributed by atoms with Crippen LogP contribution in [0.2, 0.25) is 0 Å². The second kappa shape index (κ2) is 7.13. The van der Waals surface area contributed by atoms with Crippen molar-refractivity contribution in [3.63, 3.8) is 0 Å². The first-order valence-electron chi connectivity index (χ1n) is 6.94. The second-order valence-electron chi connectivity index (χ2n) is 6.19. The van der Waals surface area contributed by atoms with Crippen LogP contribution in [0.3, 0.4) is 0 Å². The minimum absolute atomic E-state index is 0.00440. The van der Waals surface area contributed by atoms with Crippen molar-refractivity contribution >= 4 is 6.09 Å². The molecule has 0 saturated heterocycles. The number of carbonyl (C=O) groups excluding carboxylic acids is 1. The Labute approximate surface area is 122 Å². The first-order valence-corrected chi connectivity index (χ1v) is 6.94.